The van der Waals surface area contributed by atoms with Gasteiger partial charge in [0.1, 0.15) is 16.3 Å². The Labute approximate surface area is 195 Å². The van der Waals surface area contributed by atoms with Crippen LogP contribution >= 0.6 is 0 Å². The first-order valence-corrected chi connectivity index (χ1v) is 12.0. The van der Waals surface area contributed by atoms with E-state index >= 15 is 0 Å². The summed E-state index contributed by atoms with van der Waals surface area (Å²) in [4.78, 5) is 22.9. The summed E-state index contributed by atoms with van der Waals surface area (Å²) in [5.41, 5.74) is 4.81. The van der Waals surface area contributed by atoms with Gasteiger partial charge in [0.15, 0.2) is 21.3 Å². The highest BCUT2D eigenvalue weighted by molar-refractivity contribution is 7.94. The van der Waals surface area contributed by atoms with Crippen LogP contribution in [0.2, 0.25) is 0 Å². The van der Waals surface area contributed by atoms with Crippen LogP contribution in [0.5, 0.6) is 0 Å². The van der Waals surface area contributed by atoms with Crippen molar-refractivity contribution < 1.29 is 27.1 Å². The standard InChI is InChI=1S/C14H24N2O4S.C8H12N2O2/c1-9(2)21(18,19)14(6,7)12(17)15-11-8-10(20-16-11)13(3,4)5;1-8(2,3)6-4-5(7(9)11)10-12-6/h8-9H,1-7H3,(H,15,16,17);4H,1-3H3,(H2,9,11). The third kappa shape index (κ3) is 6.89. The van der Waals surface area contributed by atoms with E-state index in [-0.39, 0.29) is 22.3 Å². The summed E-state index contributed by atoms with van der Waals surface area (Å²) in [5.74, 6) is 0.315. The van der Waals surface area contributed by atoms with E-state index in [2.05, 4.69) is 15.6 Å². The van der Waals surface area contributed by atoms with Crippen molar-refractivity contribution in [1.29, 1.82) is 0 Å². The maximum absolute atomic E-state index is 12.3. The Kier molecular flexibility index (Phi) is 8.30. The highest BCUT2D eigenvalue weighted by Gasteiger charge is 2.43. The molecule has 2 rings (SSSR count). The van der Waals surface area contributed by atoms with E-state index in [9.17, 15) is 18.0 Å². The Hall–Kier alpha value is -2.69. The van der Waals surface area contributed by atoms with Gasteiger partial charge in [-0.05, 0) is 27.7 Å². The van der Waals surface area contributed by atoms with Crippen molar-refractivity contribution in [2.45, 2.75) is 90.1 Å². The largest absolute Gasteiger partial charge is 0.364 e. The van der Waals surface area contributed by atoms with Crippen LogP contribution in [-0.4, -0.2) is 40.5 Å². The molecule has 186 valence electrons. The van der Waals surface area contributed by atoms with Gasteiger partial charge in [0.05, 0.1) is 5.25 Å². The predicted octanol–water partition coefficient (Wildman–Crippen LogP) is 3.58. The number of rotatable bonds is 5. The van der Waals surface area contributed by atoms with E-state index in [4.69, 9.17) is 14.8 Å². The van der Waals surface area contributed by atoms with Crippen molar-refractivity contribution in [2.24, 2.45) is 5.73 Å². The zero-order valence-corrected chi connectivity index (χ0v) is 21.9. The lowest BCUT2D eigenvalue weighted by atomic mass is 9.93. The average molecular weight is 485 g/mol. The minimum Gasteiger partial charge on any atom is -0.364 e. The second kappa shape index (κ2) is 9.66. The van der Waals surface area contributed by atoms with Crippen LogP contribution in [0.25, 0.3) is 0 Å². The summed E-state index contributed by atoms with van der Waals surface area (Å²) < 4.78 is 33.0. The number of primary amides is 1. The molecule has 11 heteroatoms. The Morgan fingerprint density at radius 2 is 1.36 bits per heavy atom. The lowest BCUT2D eigenvalue weighted by molar-refractivity contribution is -0.117. The van der Waals surface area contributed by atoms with E-state index in [1.54, 1.807) is 26.0 Å². The fourth-order valence-corrected chi connectivity index (χ4v) is 3.91. The van der Waals surface area contributed by atoms with E-state index in [1.165, 1.54) is 13.8 Å². The van der Waals surface area contributed by atoms with Crippen molar-refractivity contribution in [3.05, 3.63) is 29.3 Å². The molecular formula is C22H36N4O6S. The van der Waals surface area contributed by atoms with Gasteiger partial charge in [-0.3, -0.25) is 9.59 Å². The maximum Gasteiger partial charge on any atom is 0.270 e. The summed E-state index contributed by atoms with van der Waals surface area (Å²) in [6.45, 7) is 17.7. The molecule has 0 radical (unpaired) electrons. The van der Waals surface area contributed by atoms with Crippen molar-refractivity contribution in [3.63, 3.8) is 0 Å². The molecule has 2 amide bonds. The van der Waals surface area contributed by atoms with Crippen LogP contribution in [0.1, 0.15) is 91.2 Å². The number of carbonyl (C=O) groups excluding carboxylic acids is 2. The van der Waals surface area contributed by atoms with Crippen molar-refractivity contribution >= 4 is 27.5 Å². The molecule has 0 aliphatic carbocycles. The van der Waals surface area contributed by atoms with Gasteiger partial charge in [-0.1, -0.05) is 51.9 Å². The number of hydrogen-bond acceptors (Lipinski definition) is 8. The van der Waals surface area contributed by atoms with Crippen LogP contribution in [0, 0.1) is 0 Å². The fraction of sp³-hybridized carbons (Fsp3) is 0.636. The van der Waals surface area contributed by atoms with E-state index in [0.717, 1.165) is 0 Å². The molecule has 0 saturated carbocycles. The van der Waals surface area contributed by atoms with Gasteiger partial charge in [-0.25, -0.2) is 8.42 Å². The Morgan fingerprint density at radius 3 is 1.70 bits per heavy atom. The highest BCUT2D eigenvalue weighted by atomic mass is 32.2. The number of carbonyl (C=O) groups is 2. The first kappa shape index (κ1) is 28.3. The van der Waals surface area contributed by atoms with E-state index in [0.29, 0.717) is 11.5 Å². The number of nitrogens with two attached hydrogens (primary N) is 1. The average Bonchev–Trinajstić information content (AvgIpc) is 3.30. The zero-order valence-electron chi connectivity index (χ0n) is 21.1. The van der Waals surface area contributed by atoms with Crippen LogP contribution in [0.4, 0.5) is 5.82 Å². The molecule has 0 spiro atoms. The third-order valence-corrected chi connectivity index (χ3v) is 7.72. The molecule has 0 bridgehead atoms. The molecule has 0 fully saturated rings. The number of nitrogens with zero attached hydrogens (tertiary/aromatic N) is 2. The molecule has 2 aromatic rings. The molecule has 0 aliphatic rings. The summed E-state index contributed by atoms with van der Waals surface area (Å²) in [5, 5.41) is 9.17. The van der Waals surface area contributed by atoms with Gasteiger partial charge >= 0.3 is 0 Å². The van der Waals surface area contributed by atoms with Gasteiger partial charge < -0.3 is 20.1 Å². The number of aromatic nitrogens is 2. The van der Waals surface area contributed by atoms with E-state index < -0.39 is 31.6 Å². The minimum atomic E-state index is -3.59. The number of anilines is 1. The van der Waals surface area contributed by atoms with Gasteiger partial charge in [0, 0.05) is 23.0 Å². The second-order valence-electron chi connectivity index (χ2n) is 10.6. The van der Waals surface area contributed by atoms with Crippen LogP contribution in [0.15, 0.2) is 21.2 Å². The summed E-state index contributed by atoms with van der Waals surface area (Å²) in [7, 11) is -3.59. The highest BCUT2D eigenvalue weighted by Crippen LogP contribution is 2.27. The normalized spacial score (nSPS) is 12.8. The molecule has 2 aromatic heterocycles. The van der Waals surface area contributed by atoms with Crippen LogP contribution < -0.4 is 11.1 Å². The Morgan fingerprint density at radius 1 is 0.909 bits per heavy atom. The lowest BCUT2D eigenvalue weighted by Crippen LogP contribution is -2.47. The fourth-order valence-electron chi connectivity index (χ4n) is 2.42. The topological polar surface area (TPSA) is 158 Å². The summed E-state index contributed by atoms with van der Waals surface area (Å²) in [6, 6.07) is 3.18. The molecule has 2 heterocycles. The molecule has 0 unspecified atom stereocenters. The smallest absolute Gasteiger partial charge is 0.270 e. The second-order valence-corrected chi connectivity index (χ2v) is 13.6. The molecule has 0 aromatic carbocycles. The zero-order chi connectivity index (χ0) is 26.0. The SMILES string of the molecule is CC(C)(C)c1cc(C(N)=O)no1.CC(C)S(=O)(=O)C(C)(C)C(=O)Nc1cc(C(C)(C)C)on1. The maximum atomic E-state index is 12.3. The molecule has 0 aliphatic heterocycles. The Bertz CT molecular complexity index is 1080. The first-order chi connectivity index (χ1) is 14.7. The molecule has 10 nitrogen and oxygen atoms in total. The quantitative estimate of drug-likeness (QED) is 0.651. The molecule has 33 heavy (non-hydrogen) atoms. The monoisotopic (exact) mass is 484 g/mol. The molecular weight excluding hydrogens is 448 g/mol. The van der Waals surface area contributed by atoms with Crippen LogP contribution in [0.3, 0.4) is 0 Å². The summed E-state index contributed by atoms with van der Waals surface area (Å²) in [6.07, 6.45) is 0. The molecule has 3 N–H and O–H groups in total. The first-order valence-electron chi connectivity index (χ1n) is 10.5. The van der Waals surface area contributed by atoms with Crippen molar-refractivity contribution in [2.75, 3.05) is 5.32 Å². The summed E-state index contributed by atoms with van der Waals surface area (Å²) >= 11 is 0. The number of sulfone groups is 1. The van der Waals surface area contributed by atoms with E-state index in [1.807, 2.05) is 41.5 Å². The number of nitrogens with one attached hydrogen (secondary N) is 1. The van der Waals surface area contributed by atoms with Gasteiger partial charge in [0.2, 0.25) is 5.91 Å². The molecule has 0 saturated heterocycles. The van der Waals surface area contributed by atoms with Crippen molar-refractivity contribution in [3.8, 4) is 0 Å². The van der Waals surface area contributed by atoms with Crippen LogP contribution in [-0.2, 0) is 25.5 Å². The lowest BCUT2D eigenvalue weighted by Gasteiger charge is -2.25. The van der Waals surface area contributed by atoms with Gasteiger partial charge in [0.25, 0.3) is 5.91 Å². The predicted molar refractivity (Wildman–Crippen MR) is 126 cm³/mol. The third-order valence-electron chi connectivity index (χ3n) is 4.87. The Balaban J connectivity index is 0.000000383. The molecule has 0 atom stereocenters. The van der Waals surface area contributed by atoms with Gasteiger partial charge in [-0.2, -0.15) is 0 Å². The van der Waals surface area contributed by atoms with Crippen molar-refractivity contribution in [1.82, 2.24) is 10.3 Å². The number of hydrogen-bond donors (Lipinski definition) is 2. The minimum absolute atomic E-state index is 0.138. The number of amides is 2. The van der Waals surface area contributed by atoms with Gasteiger partial charge in [-0.15, -0.1) is 0 Å².